The number of rotatable bonds is 4. The molecule has 1 amide bonds. The van der Waals surface area contributed by atoms with Crippen molar-refractivity contribution in [3.63, 3.8) is 0 Å². The number of halogens is 2. The van der Waals surface area contributed by atoms with Crippen LogP contribution in [0.2, 0.25) is 5.02 Å². The van der Waals surface area contributed by atoms with E-state index in [2.05, 4.69) is 0 Å². The molecule has 3 rings (SSSR count). The van der Waals surface area contributed by atoms with E-state index in [4.69, 9.17) is 22.1 Å². The second-order valence-electron chi connectivity index (χ2n) is 5.68. The molecule has 2 aromatic carbocycles. The number of carbonyl (C=O) groups excluding carboxylic acids is 1. The van der Waals surface area contributed by atoms with E-state index in [0.717, 1.165) is 12.0 Å². The third-order valence-corrected chi connectivity index (χ3v) is 4.34. The van der Waals surface area contributed by atoms with Crippen LogP contribution in [-0.4, -0.2) is 29.9 Å². The number of carbonyl (C=O) groups is 1. The minimum Gasteiger partial charge on any atom is -0.488 e. The van der Waals surface area contributed by atoms with Gasteiger partial charge in [-0.05, 0) is 24.6 Å². The highest BCUT2D eigenvalue weighted by Crippen LogP contribution is 2.24. The Hall–Kier alpha value is -1.75. The molecule has 1 aliphatic heterocycles. The molecule has 1 fully saturated rings. The maximum absolute atomic E-state index is 12.7. The van der Waals surface area contributed by atoms with Crippen molar-refractivity contribution >= 4 is 29.9 Å². The van der Waals surface area contributed by atoms with Gasteiger partial charge in [-0.15, -0.1) is 12.4 Å². The first-order valence-electron chi connectivity index (χ1n) is 7.65. The predicted octanol–water partition coefficient (Wildman–Crippen LogP) is 3.51. The summed E-state index contributed by atoms with van der Waals surface area (Å²) in [6.45, 7) is 1.61. The Balaban J connectivity index is 0.00000208. The fourth-order valence-electron chi connectivity index (χ4n) is 2.68. The van der Waals surface area contributed by atoms with Crippen LogP contribution in [0.5, 0.6) is 5.75 Å². The maximum Gasteiger partial charge on any atom is 0.257 e. The van der Waals surface area contributed by atoms with Gasteiger partial charge in [0.25, 0.3) is 5.91 Å². The SMILES string of the molecule is Cl.N[C@@H]1CCN(C(=O)c2ccccc2OCc2ccccc2Cl)C1. The van der Waals surface area contributed by atoms with Crippen LogP contribution >= 0.6 is 24.0 Å². The number of hydrogen-bond acceptors (Lipinski definition) is 3. The molecule has 0 aliphatic carbocycles. The van der Waals surface area contributed by atoms with Crippen molar-refractivity contribution in [3.05, 3.63) is 64.7 Å². The molecule has 0 radical (unpaired) electrons. The summed E-state index contributed by atoms with van der Waals surface area (Å²) in [5.74, 6) is 0.533. The molecule has 1 heterocycles. The Labute approximate surface area is 153 Å². The van der Waals surface area contributed by atoms with Crippen molar-refractivity contribution in [1.29, 1.82) is 0 Å². The fourth-order valence-corrected chi connectivity index (χ4v) is 2.87. The van der Waals surface area contributed by atoms with E-state index in [-0.39, 0.29) is 24.4 Å². The highest BCUT2D eigenvalue weighted by Gasteiger charge is 2.26. The van der Waals surface area contributed by atoms with Gasteiger partial charge in [-0.3, -0.25) is 4.79 Å². The van der Waals surface area contributed by atoms with Crippen molar-refractivity contribution < 1.29 is 9.53 Å². The standard InChI is InChI=1S/C18H19ClN2O2.ClH/c19-16-7-3-1-5-13(16)12-23-17-8-4-2-6-15(17)18(22)21-10-9-14(20)11-21;/h1-8,14H,9-12,20H2;1H/t14-;/m1./s1. The molecular formula is C18H20Cl2N2O2. The molecule has 128 valence electrons. The Morgan fingerprint density at radius 2 is 1.92 bits per heavy atom. The largest absolute Gasteiger partial charge is 0.488 e. The Morgan fingerprint density at radius 3 is 2.62 bits per heavy atom. The van der Waals surface area contributed by atoms with Crippen LogP contribution in [0.3, 0.4) is 0 Å². The van der Waals surface area contributed by atoms with Crippen molar-refractivity contribution in [2.24, 2.45) is 5.73 Å². The number of benzene rings is 2. The quantitative estimate of drug-likeness (QED) is 0.900. The molecule has 24 heavy (non-hydrogen) atoms. The summed E-state index contributed by atoms with van der Waals surface area (Å²) >= 11 is 6.14. The summed E-state index contributed by atoms with van der Waals surface area (Å²) in [7, 11) is 0. The van der Waals surface area contributed by atoms with E-state index in [1.807, 2.05) is 36.4 Å². The molecule has 1 atom stereocenters. The van der Waals surface area contributed by atoms with Crippen LogP contribution in [0.15, 0.2) is 48.5 Å². The van der Waals surface area contributed by atoms with Crippen molar-refractivity contribution in [1.82, 2.24) is 4.90 Å². The first-order chi connectivity index (χ1) is 11.1. The monoisotopic (exact) mass is 366 g/mol. The Kier molecular flexibility index (Phi) is 6.49. The molecule has 1 saturated heterocycles. The average Bonchev–Trinajstić information content (AvgIpc) is 3.00. The number of para-hydroxylation sites is 1. The van der Waals surface area contributed by atoms with Crippen LogP contribution in [0, 0.1) is 0 Å². The highest BCUT2D eigenvalue weighted by atomic mass is 35.5. The van der Waals surface area contributed by atoms with E-state index >= 15 is 0 Å². The lowest BCUT2D eigenvalue weighted by Gasteiger charge is -2.18. The minimum atomic E-state index is -0.0345. The summed E-state index contributed by atoms with van der Waals surface area (Å²) in [6.07, 6.45) is 0.842. The van der Waals surface area contributed by atoms with Crippen LogP contribution in [0.1, 0.15) is 22.3 Å². The number of nitrogens with zero attached hydrogens (tertiary/aromatic N) is 1. The lowest BCUT2D eigenvalue weighted by molar-refractivity contribution is 0.0786. The number of hydrogen-bond donors (Lipinski definition) is 1. The summed E-state index contributed by atoms with van der Waals surface area (Å²) in [5.41, 5.74) is 7.34. The summed E-state index contributed by atoms with van der Waals surface area (Å²) in [5, 5.41) is 0.654. The lowest BCUT2D eigenvalue weighted by Crippen LogP contribution is -2.32. The van der Waals surface area contributed by atoms with E-state index in [1.165, 1.54) is 0 Å². The van der Waals surface area contributed by atoms with E-state index in [0.29, 0.717) is 36.0 Å². The molecule has 0 bridgehead atoms. The van der Waals surface area contributed by atoms with Crippen LogP contribution in [0.25, 0.3) is 0 Å². The lowest BCUT2D eigenvalue weighted by atomic mass is 10.1. The zero-order valence-electron chi connectivity index (χ0n) is 13.2. The Bertz CT molecular complexity index is 709. The summed E-state index contributed by atoms with van der Waals surface area (Å²) in [6, 6.07) is 14.9. The zero-order chi connectivity index (χ0) is 16.2. The number of ether oxygens (including phenoxy) is 1. The van der Waals surface area contributed by atoms with Crippen LogP contribution in [0.4, 0.5) is 0 Å². The van der Waals surface area contributed by atoms with Gasteiger partial charge in [-0.2, -0.15) is 0 Å². The molecule has 2 aromatic rings. The third kappa shape index (κ3) is 4.20. The molecule has 0 aromatic heterocycles. The normalized spacial score (nSPS) is 16.6. The highest BCUT2D eigenvalue weighted by molar-refractivity contribution is 6.31. The number of likely N-dealkylation sites (tertiary alicyclic amines) is 1. The minimum absolute atomic E-state index is 0. The van der Waals surface area contributed by atoms with E-state index in [1.54, 1.807) is 17.0 Å². The molecule has 0 unspecified atom stereocenters. The van der Waals surface area contributed by atoms with Crippen molar-refractivity contribution in [2.75, 3.05) is 13.1 Å². The summed E-state index contributed by atoms with van der Waals surface area (Å²) in [4.78, 5) is 14.4. The smallest absolute Gasteiger partial charge is 0.257 e. The molecule has 6 heteroatoms. The molecule has 4 nitrogen and oxygen atoms in total. The maximum atomic E-state index is 12.7. The number of amides is 1. The van der Waals surface area contributed by atoms with Crippen molar-refractivity contribution in [2.45, 2.75) is 19.1 Å². The third-order valence-electron chi connectivity index (χ3n) is 3.97. The summed E-state index contributed by atoms with van der Waals surface area (Å²) < 4.78 is 5.85. The first kappa shape index (κ1) is 18.6. The topological polar surface area (TPSA) is 55.6 Å². The molecule has 1 aliphatic rings. The second kappa shape index (κ2) is 8.38. The van der Waals surface area contributed by atoms with Gasteiger partial charge in [0.15, 0.2) is 0 Å². The van der Waals surface area contributed by atoms with Crippen LogP contribution in [-0.2, 0) is 6.61 Å². The van der Waals surface area contributed by atoms with Gasteiger partial charge in [-0.1, -0.05) is 41.9 Å². The van der Waals surface area contributed by atoms with Gasteiger partial charge in [0.1, 0.15) is 12.4 Å². The van der Waals surface area contributed by atoms with Crippen LogP contribution < -0.4 is 10.5 Å². The predicted molar refractivity (Wildman–Crippen MR) is 98.0 cm³/mol. The molecular weight excluding hydrogens is 347 g/mol. The zero-order valence-corrected chi connectivity index (χ0v) is 14.7. The molecule has 0 spiro atoms. The van der Waals surface area contributed by atoms with Gasteiger partial charge in [0.2, 0.25) is 0 Å². The molecule has 0 saturated carbocycles. The Morgan fingerprint density at radius 1 is 1.21 bits per heavy atom. The second-order valence-corrected chi connectivity index (χ2v) is 6.08. The van der Waals surface area contributed by atoms with Gasteiger partial charge >= 0.3 is 0 Å². The number of nitrogens with two attached hydrogens (primary N) is 1. The van der Waals surface area contributed by atoms with Gasteiger partial charge < -0.3 is 15.4 Å². The van der Waals surface area contributed by atoms with E-state index in [9.17, 15) is 4.79 Å². The van der Waals surface area contributed by atoms with Gasteiger partial charge in [0.05, 0.1) is 5.56 Å². The van der Waals surface area contributed by atoms with Crippen molar-refractivity contribution in [3.8, 4) is 5.75 Å². The fraction of sp³-hybridized carbons (Fsp3) is 0.278. The van der Waals surface area contributed by atoms with E-state index < -0.39 is 0 Å². The van der Waals surface area contributed by atoms with Gasteiger partial charge in [0, 0.05) is 29.7 Å². The van der Waals surface area contributed by atoms with Gasteiger partial charge in [-0.25, -0.2) is 0 Å². The molecule has 2 N–H and O–H groups in total. The average molecular weight is 367 g/mol. The first-order valence-corrected chi connectivity index (χ1v) is 8.03.